The summed E-state index contributed by atoms with van der Waals surface area (Å²) >= 11 is 3.34. The SMILES string of the molecule is N#C/C(=N\Nc1cc2c(cc1C(=O)c1ccc(Br)cc1)OCCO2)C(=N)N. The fourth-order valence-electron chi connectivity index (χ4n) is 2.39. The van der Waals surface area contributed by atoms with E-state index in [0.717, 1.165) is 4.47 Å². The number of carbonyl (C=O) groups is 1. The Morgan fingerprint density at radius 1 is 1.22 bits per heavy atom. The normalized spacial score (nSPS) is 12.8. The fraction of sp³-hybridized carbons (Fsp3) is 0.111. The van der Waals surface area contributed by atoms with Crippen molar-refractivity contribution in [1.29, 1.82) is 10.7 Å². The van der Waals surface area contributed by atoms with Crippen LogP contribution in [0.5, 0.6) is 11.5 Å². The number of hydrazone groups is 1. The van der Waals surface area contributed by atoms with Gasteiger partial charge in [-0.05, 0) is 30.3 Å². The van der Waals surface area contributed by atoms with E-state index in [1.54, 1.807) is 42.5 Å². The van der Waals surface area contributed by atoms with Crippen molar-refractivity contribution >= 4 is 38.9 Å². The third kappa shape index (κ3) is 4.07. The maximum atomic E-state index is 13.0. The molecule has 27 heavy (non-hydrogen) atoms. The maximum absolute atomic E-state index is 13.0. The first-order valence-electron chi connectivity index (χ1n) is 7.81. The first-order valence-corrected chi connectivity index (χ1v) is 8.61. The molecule has 4 N–H and O–H groups in total. The smallest absolute Gasteiger partial charge is 0.201 e. The Labute approximate surface area is 163 Å². The van der Waals surface area contributed by atoms with E-state index < -0.39 is 5.84 Å². The van der Waals surface area contributed by atoms with E-state index in [1.165, 1.54) is 0 Å². The predicted molar refractivity (Wildman–Crippen MR) is 104 cm³/mol. The quantitative estimate of drug-likeness (QED) is 0.290. The monoisotopic (exact) mass is 427 g/mol. The number of nitriles is 1. The van der Waals surface area contributed by atoms with E-state index in [4.69, 9.17) is 25.9 Å². The Bertz CT molecular complexity index is 980. The number of halogens is 1. The van der Waals surface area contributed by atoms with Crippen LogP contribution >= 0.6 is 15.9 Å². The van der Waals surface area contributed by atoms with E-state index in [9.17, 15) is 4.79 Å². The van der Waals surface area contributed by atoms with Crippen molar-refractivity contribution in [3.8, 4) is 17.6 Å². The van der Waals surface area contributed by atoms with Gasteiger partial charge in [-0.3, -0.25) is 15.6 Å². The molecule has 1 aliphatic heterocycles. The van der Waals surface area contributed by atoms with E-state index in [1.807, 2.05) is 0 Å². The number of anilines is 1. The predicted octanol–water partition coefficient (Wildman–Crippen LogP) is 2.68. The number of amidine groups is 1. The number of rotatable bonds is 5. The number of ketones is 1. The lowest BCUT2D eigenvalue weighted by Gasteiger charge is -2.20. The molecule has 2 aromatic rings. The number of nitrogens with one attached hydrogen (secondary N) is 2. The average Bonchev–Trinajstić information content (AvgIpc) is 2.67. The Hall–Kier alpha value is -3.38. The van der Waals surface area contributed by atoms with Gasteiger partial charge in [-0.2, -0.15) is 10.4 Å². The molecule has 0 spiro atoms. The van der Waals surface area contributed by atoms with Gasteiger partial charge in [-0.25, -0.2) is 0 Å². The molecule has 0 amide bonds. The van der Waals surface area contributed by atoms with Crippen LogP contribution in [0.3, 0.4) is 0 Å². The Morgan fingerprint density at radius 2 is 1.85 bits per heavy atom. The third-order valence-corrected chi connectivity index (χ3v) is 4.21. The number of nitrogens with two attached hydrogens (primary N) is 1. The van der Waals surface area contributed by atoms with Crippen LogP contribution in [0.25, 0.3) is 0 Å². The van der Waals surface area contributed by atoms with Gasteiger partial charge in [-0.1, -0.05) is 15.9 Å². The number of benzene rings is 2. The summed E-state index contributed by atoms with van der Waals surface area (Å²) in [5.41, 5.74) is 8.69. The molecule has 3 rings (SSSR count). The van der Waals surface area contributed by atoms with E-state index >= 15 is 0 Å². The van der Waals surface area contributed by atoms with Crippen molar-refractivity contribution in [3.05, 3.63) is 52.0 Å². The van der Waals surface area contributed by atoms with Crippen LogP contribution in [0.2, 0.25) is 0 Å². The molecule has 0 aliphatic carbocycles. The second-order valence-corrected chi connectivity index (χ2v) is 6.39. The molecule has 2 aromatic carbocycles. The van der Waals surface area contributed by atoms with Crippen LogP contribution in [0.4, 0.5) is 5.69 Å². The Kier molecular flexibility index (Phi) is 5.38. The molecule has 0 radical (unpaired) electrons. The van der Waals surface area contributed by atoms with Gasteiger partial charge in [0, 0.05) is 16.1 Å². The van der Waals surface area contributed by atoms with Crippen molar-refractivity contribution in [2.24, 2.45) is 10.8 Å². The highest BCUT2D eigenvalue weighted by atomic mass is 79.9. The lowest BCUT2D eigenvalue weighted by Crippen LogP contribution is -2.22. The van der Waals surface area contributed by atoms with Crippen molar-refractivity contribution in [3.63, 3.8) is 0 Å². The van der Waals surface area contributed by atoms with Gasteiger partial charge >= 0.3 is 0 Å². The van der Waals surface area contributed by atoms with E-state index in [-0.39, 0.29) is 17.1 Å². The van der Waals surface area contributed by atoms with Gasteiger partial charge in [0.05, 0.1) is 11.3 Å². The standard InChI is InChI=1S/C18H14BrN5O3/c19-11-3-1-10(2-4-11)17(25)12-7-15-16(27-6-5-26-15)8-13(12)23-24-14(9-20)18(21)22/h1-4,7-8,23H,5-6H2,(H3,21,22)/b24-14+. The molecule has 1 aliphatic rings. The number of hydrogen-bond acceptors (Lipinski definition) is 7. The molecule has 0 atom stereocenters. The summed E-state index contributed by atoms with van der Waals surface area (Å²) in [7, 11) is 0. The summed E-state index contributed by atoms with van der Waals surface area (Å²) in [5.74, 6) is 0.151. The zero-order chi connectivity index (χ0) is 19.4. The molecule has 0 aromatic heterocycles. The molecule has 1 heterocycles. The second-order valence-electron chi connectivity index (χ2n) is 5.48. The maximum Gasteiger partial charge on any atom is 0.201 e. The molecular weight excluding hydrogens is 414 g/mol. The molecule has 9 heteroatoms. The van der Waals surface area contributed by atoms with Crippen LogP contribution in [-0.4, -0.2) is 30.5 Å². The summed E-state index contributed by atoms with van der Waals surface area (Å²) < 4.78 is 11.9. The Balaban J connectivity index is 2.05. The minimum absolute atomic E-state index is 0.265. The van der Waals surface area contributed by atoms with Crippen molar-refractivity contribution in [1.82, 2.24) is 0 Å². The molecule has 0 saturated carbocycles. The number of hydrogen-bond donors (Lipinski definition) is 3. The summed E-state index contributed by atoms with van der Waals surface area (Å²) in [6, 6.07) is 11.7. The topological polar surface area (TPSA) is 134 Å². The van der Waals surface area contributed by atoms with Gasteiger partial charge in [0.1, 0.15) is 19.3 Å². The van der Waals surface area contributed by atoms with Gasteiger partial charge in [-0.15, -0.1) is 0 Å². The van der Waals surface area contributed by atoms with Crippen molar-refractivity contribution in [2.45, 2.75) is 0 Å². The van der Waals surface area contributed by atoms with Gasteiger partial charge in [0.15, 0.2) is 23.1 Å². The number of carbonyl (C=O) groups excluding carboxylic acids is 1. The van der Waals surface area contributed by atoms with E-state index in [2.05, 4.69) is 26.5 Å². The lowest BCUT2D eigenvalue weighted by molar-refractivity contribution is 0.103. The minimum atomic E-state index is -0.483. The largest absolute Gasteiger partial charge is 0.486 e. The summed E-state index contributed by atoms with van der Waals surface area (Å²) in [5, 5.41) is 20.1. The average molecular weight is 428 g/mol. The molecule has 0 bridgehead atoms. The number of nitrogens with zero attached hydrogens (tertiary/aromatic N) is 2. The van der Waals surface area contributed by atoms with Crippen LogP contribution in [0, 0.1) is 16.7 Å². The molecule has 8 nitrogen and oxygen atoms in total. The number of fused-ring (bicyclic) bond motifs is 1. The third-order valence-electron chi connectivity index (χ3n) is 3.68. The molecule has 0 fully saturated rings. The number of ether oxygens (including phenoxy) is 2. The van der Waals surface area contributed by atoms with E-state index in [0.29, 0.717) is 36.0 Å². The summed E-state index contributed by atoms with van der Waals surface area (Å²) in [6.07, 6.45) is 0. The zero-order valence-corrected chi connectivity index (χ0v) is 15.5. The highest BCUT2D eigenvalue weighted by Gasteiger charge is 2.21. The molecular formula is C18H14BrN5O3. The van der Waals surface area contributed by atoms with Gasteiger partial charge in [0.2, 0.25) is 5.71 Å². The van der Waals surface area contributed by atoms with Crippen LogP contribution in [-0.2, 0) is 0 Å². The first-order chi connectivity index (χ1) is 13.0. The second kappa shape index (κ2) is 7.88. The highest BCUT2D eigenvalue weighted by molar-refractivity contribution is 9.10. The van der Waals surface area contributed by atoms with Gasteiger partial charge in [0.25, 0.3) is 0 Å². The fourth-order valence-corrected chi connectivity index (χ4v) is 2.65. The van der Waals surface area contributed by atoms with Crippen molar-refractivity contribution in [2.75, 3.05) is 18.6 Å². The first kappa shape index (κ1) is 18.4. The van der Waals surface area contributed by atoms with Gasteiger partial charge < -0.3 is 15.2 Å². The minimum Gasteiger partial charge on any atom is -0.486 e. The van der Waals surface area contributed by atoms with Crippen LogP contribution in [0.1, 0.15) is 15.9 Å². The summed E-state index contributed by atoms with van der Waals surface area (Å²) in [6.45, 7) is 0.763. The van der Waals surface area contributed by atoms with Crippen molar-refractivity contribution < 1.29 is 14.3 Å². The lowest BCUT2D eigenvalue weighted by atomic mass is 10.0. The molecule has 136 valence electrons. The summed E-state index contributed by atoms with van der Waals surface area (Å²) in [4.78, 5) is 13.0. The highest BCUT2D eigenvalue weighted by Crippen LogP contribution is 2.36. The van der Waals surface area contributed by atoms with Crippen LogP contribution < -0.4 is 20.6 Å². The molecule has 0 saturated heterocycles. The zero-order valence-electron chi connectivity index (χ0n) is 14.0. The molecule has 0 unspecified atom stereocenters. The van der Waals surface area contributed by atoms with Crippen LogP contribution in [0.15, 0.2) is 46.0 Å². The Morgan fingerprint density at radius 3 is 2.44 bits per heavy atom.